The maximum absolute atomic E-state index is 10.7. The highest BCUT2D eigenvalue weighted by Crippen LogP contribution is 1.99. The van der Waals surface area contributed by atoms with E-state index in [0.29, 0.717) is 52.1 Å². The standard InChI is InChI=1S/C7H15N3O2.C4H12N2O3.C3H8N2O.2CH4/c8-5-6(11)3-1-2-4-7(12)10-9;5-8-3-1-7-2-4-9-6;4-1-3(6)2-5;;/h1-5,8-9H2,(H,10,12);1-6H2;1-2,4-5H2;2*1H4. The van der Waals surface area contributed by atoms with Crippen molar-refractivity contribution in [2.45, 2.75) is 40.5 Å². The van der Waals surface area contributed by atoms with E-state index in [4.69, 9.17) is 39.6 Å². The molecule has 0 aliphatic carbocycles. The van der Waals surface area contributed by atoms with E-state index in [1.54, 1.807) is 0 Å². The molecular weight excluding hydrogens is 386 g/mol. The molecule has 0 spiro atoms. The summed E-state index contributed by atoms with van der Waals surface area (Å²) in [5.74, 6) is 14.0. The van der Waals surface area contributed by atoms with Gasteiger partial charge >= 0.3 is 0 Å². The molecule has 0 aromatic rings. The number of carbonyl (C=O) groups excluding carboxylic acids is 3. The van der Waals surface area contributed by atoms with Gasteiger partial charge in [0.25, 0.3) is 0 Å². The number of Topliss-reactive ketones (excluding diaryl/α,β-unsaturated/α-hetero) is 2. The summed E-state index contributed by atoms with van der Waals surface area (Å²) in [6.45, 7) is 1.95. The third kappa shape index (κ3) is 41.8. The average molecular weight is 430 g/mol. The predicted octanol–water partition coefficient (Wildman–Crippen LogP) is -2.41. The molecule has 13 heteroatoms. The Morgan fingerprint density at radius 1 is 0.690 bits per heavy atom. The molecule has 0 unspecified atom stereocenters. The second-order valence-corrected chi connectivity index (χ2v) is 4.82. The first kappa shape index (κ1) is 38.1. The normalized spacial score (nSPS) is 8.76. The van der Waals surface area contributed by atoms with Crippen molar-refractivity contribution >= 4 is 17.5 Å². The molecule has 0 rings (SSSR count). The van der Waals surface area contributed by atoms with Gasteiger partial charge in [0.05, 0.1) is 46.1 Å². The third-order valence-electron chi connectivity index (χ3n) is 2.64. The zero-order chi connectivity index (χ0) is 21.3. The number of nitrogens with two attached hydrogens (primary N) is 6. The maximum Gasteiger partial charge on any atom is 0.233 e. The Balaban J connectivity index is -0.000000101. The lowest BCUT2D eigenvalue weighted by molar-refractivity contribution is -0.122. The second kappa shape index (κ2) is 34.0. The Morgan fingerprint density at radius 2 is 1.10 bits per heavy atom. The van der Waals surface area contributed by atoms with Crippen LogP contribution in [-0.2, 0) is 28.8 Å². The number of hydrogen-bond acceptors (Lipinski definition) is 12. The summed E-state index contributed by atoms with van der Waals surface area (Å²) in [6, 6.07) is 0. The molecule has 0 heterocycles. The van der Waals surface area contributed by atoms with Crippen molar-refractivity contribution < 1.29 is 28.8 Å². The van der Waals surface area contributed by atoms with Crippen molar-refractivity contribution in [1.82, 2.24) is 5.43 Å². The van der Waals surface area contributed by atoms with E-state index in [-0.39, 0.29) is 52.0 Å². The van der Waals surface area contributed by atoms with Crippen LogP contribution in [0.4, 0.5) is 0 Å². The lowest BCUT2D eigenvalue weighted by Crippen LogP contribution is -2.29. The monoisotopic (exact) mass is 429 g/mol. The van der Waals surface area contributed by atoms with E-state index in [2.05, 4.69) is 9.68 Å². The fourth-order valence-corrected chi connectivity index (χ4v) is 1.18. The van der Waals surface area contributed by atoms with Gasteiger partial charge in [-0.3, -0.25) is 19.8 Å². The first-order chi connectivity index (χ1) is 12.9. The van der Waals surface area contributed by atoms with Crippen LogP contribution in [0.25, 0.3) is 0 Å². The molecule has 29 heavy (non-hydrogen) atoms. The first-order valence-electron chi connectivity index (χ1n) is 8.27. The molecule has 0 atom stereocenters. The van der Waals surface area contributed by atoms with E-state index >= 15 is 0 Å². The molecule has 178 valence electrons. The van der Waals surface area contributed by atoms with Crippen molar-refractivity contribution in [3.63, 3.8) is 0 Å². The van der Waals surface area contributed by atoms with Crippen LogP contribution in [0.3, 0.4) is 0 Å². The summed E-state index contributed by atoms with van der Waals surface area (Å²) in [6.07, 6.45) is 2.20. The highest BCUT2D eigenvalue weighted by Gasteiger charge is 2.00. The molecule has 0 saturated heterocycles. The maximum atomic E-state index is 10.7. The molecule has 0 aromatic carbocycles. The van der Waals surface area contributed by atoms with Gasteiger partial charge in [-0.2, -0.15) is 0 Å². The molecule has 0 bridgehead atoms. The van der Waals surface area contributed by atoms with Gasteiger partial charge in [-0.1, -0.05) is 14.9 Å². The molecule has 0 aliphatic rings. The summed E-state index contributed by atoms with van der Waals surface area (Å²) in [5, 5.41) is 0. The molecule has 1 amide bonds. The second-order valence-electron chi connectivity index (χ2n) is 4.82. The Morgan fingerprint density at radius 3 is 1.41 bits per heavy atom. The zero-order valence-corrected chi connectivity index (χ0v) is 15.7. The minimum atomic E-state index is -0.199. The SMILES string of the molecule is C.C.NCC(=O)CCCCC(=O)NN.NCC(=O)CN.NOCCOCCON. The van der Waals surface area contributed by atoms with E-state index < -0.39 is 0 Å². The lowest BCUT2D eigenvalue weighted by atomic mass is 10.1. The number of ketones is 2. The number of hydrogen-bond donors (Lipinski definition) is 7. The fraction of sp³-hybridized carbons (Fsp3) is 0.812. The van der Waals surface area contributed by atoms with Gasteiger partial charge in [-0.15, -0.1) is 0 Å². The Labute approximate surface area is 174 Å². The van der Waals surface area contributed by atoms with E-state index in [0.717, 1.165) is 0 Å². The van der Waals surface area contributed by atoms with Crippen molar-refractivity contribution in [3.8, 4) is 0 Å². The Kier molecular flexibility index (Phi) is 44.7. The first-order valence-corrected chi connectivity index (χ1v) is 8.27. The minimum absolute atomic E-state index is 0. The summed E-state index contributed by atoms with van der Waals surface area (Å²) in [7, 11) is 0. The Bertz CT molecular complexity index is 333. The molecule has 0 aromatic heterocycles. The number of ether oxygens (including phenoxy) is 1. The highest BCUT2D eigenvalue weighted by molar-refractivity contribution is 5.81. The summed E-state index contributed by atoms with van der Waals surface area (Å²) in [4.78, 5) is 39.6. The highest BCUT2D eigenvalue weighted by atomic mass is 16.6. The number of carbonyl (C=O) groups is 3. The molecule has 13 N–H and O–H groups in total. The summed E-state index contributed by atoms with van der Waals surface area (Å²) >= 11 is 0. The number of amides is 1. The number of nitrogens with one attached hydrogen (secondary N) is 1. The van der Waals surface area contributed by atoms with E-state index in [1.165, 1.54) is 0 Å². The topological polar surface area (TPSA) is 247 Å². The van der Waals surface area contributed by atoms with Crippen molar-refractivity contribution in [3.05, 3.63) is 0 Å². The van der Waals surface area contributed by atoms with Crippen LogP contribution in [0.15, 0.2) is 0 Å². The molecule has 0 radical (unpaired) electrons. The summed E-state index contributed by atoms with van der Waals surface area (Å²) < 4.78 is 4.90. The third-order valence-corrected chi connectivity index (χ3v) is 2.64. The Hall–Kier alpha value is -1.55. The smallest absolute Gasteiger partial charge is 0.233 e. The van der Waals surface area contributed by atoms with Crippen LogP contribution in [0, 0.1) is 0 Å². The van der Waals surface area contributed by atoms with Crippen LogP contribution in [0.1, 0.15) is 40.5 Å². The predicted molar refractivity (Wildman–Crippen MR) is 113 cm³/mol. The summed E-state index contributed by atoms with van der Waals surface area (Å²) in [5.41, 5.74) is 16.8. The molecule has 0 saturated carbocycles. The van der Waals surface area contributed by atoms with Gasteiger partial charge in [0.2, 0.25) is 5.91 Å². The fourth-order valence-electron chi connectivity index (χ4n) is 1.18. The quantitative estimate of drug-likeness (QED) is 0.0660. The van der Waals surface area contributed by atoms with E-state index in [9.17, 15) is 14.4 Å². The van der Waals surface area contributed by atoms with Crippen LogP contribution in [0.2, 0.25) is 0 Å². The van der Waals surface area contributed by atoms with Gasteiger partial charge < -0.3 is 31.6 Å². The van der Waals surface area contributed by atoms with Crippen LogP contribution < -0.4 is 40.3 Å². The lowest BCUT2D eigenvalue weighted by Gasteiger charge is -1.99. The van der Waals surface area contributed by atoms with Crippen LogP contribution in [-0.4, -0.2) is 63.5 Å². The van der Waals surface area contributed by atoms with Gasteiger partial charge in [-0.25, -0.2) is 17.6 Å². The van der Waals surface area contributed by atoms with Gasteiger partial charge in [-0.05, 0) is 12.8 Å². The van der Waals surface area contributed by atoms with Crippen molar-refractivity contribution in [2.24, 2.45) is 34.8 Å². The van der Waals surface area contributed by atoms with Crippen LogP contribution >= 0.6 is 0 Å². The van der Waals surface area contributed by atoms with Gasteiger partial charge in [0.15, 0.2) is 5.78 Å². The molecule has 0 fully saturated rings. The largest absolute Gasteiger partial charge is 0.377 e. The minimum Gasteiger partial charge on any atom is -0.377 e. The van der Waals surface area contributed by atoms with E-state index in [1.807, 2.05) is 5.43 Å². The molecule has 0 aliphatic heterocycles. The zero-order valence-electron chi connectivity index (χ0n) is 15.7. The average Bonchev–Trinajstić information content (AvgIpc) is 2.70. The number of hydrazine groups is 1. The molecule has 13 nitrogen and oxygen atoms in total. The number of unbranched alkanes of at least 4 members (excludes halogenated alkanes) is 1. The van der Waals surface area contributed by atoms with Crippen molar-refractivity contribution in [1.29, 1.82) is 0 Å². The van der Waals surface area contributed by atoms with Gasteiger partial charge in [0, 0.05) is 12.8 Å². The number of rotatable bonds is 14. The van der Waals surface area contributed by atoms with Crippen molar-refractivity contribution in [2.75, 3.05) is 46.1 Å². The molecular formula is C16H43N7O6. The van der Waals surface area contributed by atoms with Gasteiger partial charge in [0.1, 0.15) is 5.78 Å². The van der Waals surface area contributed by atoms with Crippen LogP contribution in [0.5, 0.6) is 0 Å².